The van der Waals surface area contributed by atoms with Gasteiger partial charge in [-0.15, -0.1) is 0 Å². The Morgan fingerprint density at radius 1 is 0.962 bits per heavy atom. The number of unbranched alkanes of at least 4 members (excludes halogenated alkanes) is 1. The summed E-state index contributed by atoms with van der Waals surface area (Å²) in [7, 11) is 0. The first-order valence-electron chi connectivity index (χ1n) is 10.4. The second-order valence-corrected chi connectivity index (χ2v) is 7.85. The van der Waals surface area contributed by atoms with E-state index in [1.54, 1.807) is 0 Å². The monoisotopic (exact) mass is 352 g/mol. The average molecular weight is 353 g/mol. The number of ether oxygens (including phenoxy) is 1. The van der Waals surface area contributed by atoms with Gasteiger partial charge < -0.3 is 4.74 Å². The van der Waals surface area contributed by atoms with Crippen LogP contribution in [0, 0.1) is 5.92 Å². The minimum absolute atomic E-state index is 0.150. The molecule has 2 aromatic rings. The van der Waals surface area contributed by atoms with E-state index in [9.17, 15) is 4.79 Å². The number of rotatable bonds is 7. The molecule has 1 aliphatic carbocycles. The van der Waals surface area contributed by atoms with Crippen LogP contribution < -0.4 is 4.74 Å². The molecule has 140 valence electrons. The van der Waals surface area contributed by atoms with Gasteiger partial charge in [0.05, 0.1) is 0 Å². The van der Waals surface area contributed by atoms with E-state index in [4.69, 9.17) is 4.74 Å². The summed E-state index contributed by atoms with van der Waals surface area (Å²) in [6.45, 7) is 4.28. The molecule has 0 bridgehead atoms. The molecule has 2 nitrogen and oxygen atoms in total. The molecular formula is C24H32O2. The zero-order valence-corrected chi connectivity index (χ0v) is 16.3. The molecule has 0 aliphatic heterocycles. The summed E-state index contributed by atoms with van der Waals surface area (Å²) in [5, 5.41) is 2.39. The summed E-state index contributed by atoms with van der Waals surface area (Å²) in [4.78, 5) is 11.7. The highest BCUT2D eigenvalue weighted by Gasteiger charge is 2.22. The van der Waals surface area contributed by atoms with Crippen LogP contribution in [0.1, 0.15) is 83.1 Å². The maximum absolute atomic E-state index is 11.7. The van der Waals surface area contributed by atoms with Crippen molar-refractivity contribution in [3.63, 3.8) is 0 Å². The molecule has 0 saturated heterocycles. The van der Waals surface area contributed by atoms with E-state index in [0.29, 0.717) is 18.1 Å². The Kier molecular flexibility index (Phi) is 6.71. The molecule has 0 aromatic heterocycles. The van der Waals surface area contributed by atoms with Crippen molar-refractivity contribution in [3.05, 3.63) is 42.0 Å². The maximum atomic E-state index is 11.7. The van der Waals surface area contributed by atoms with Gasteiger partial charge >= 0.3 is 5.97 Å². The number of carbonyl (C=O) groups is 1. The SMILES string of the molecule is CCCCC1CCC(c2ccc3cc(OC(=O)CCC)ccc3c2)CC1. The molecule has 1 aliphatic rings. The van der Waals surface area contributed by atoms with Crippen molar-refractivity contribution < 1.29 is 9.53 Å². The number of carbonyl (C=O) groups excluding carboxylic acids is 1. The lowest BCUT2D eigenvalue weighted by Gasteiger charge is -2.29. The molecule has 0 spiro atoms. The number of benzene rings is 2. The smallest absolute Gasteiger partial charge is 0.311 e. The molecule has 26 heavy (non-hydrogen) atoms. The van der Waals surface area contributed by atoms with Crippen molar-refractivity contribution in [3.8, 4) is 5.75 Å². The fraction of sp³-hybridized carbons (Fsp3) is 0.542. The Morgan fingerprint density at radius 3 is 2.42 bits per heavy atom. The molecule has 0 radical (unpaired) electrons. The van der Waals surface area contributed by atoms with Gasteiger partial charge in [0.1, 0.15) is 5.75 Å². The lowest BCUT2D eigenvalue weighted by molar-refractivity contribution is -0.134. The van der Waals surface area contributed by atoms with E-state index in [1.807, 2.05) is 19.1 Å². The highest BCUT2D eigenvalue weighted by atomic mass is 16.5. The minimum atomic E-state index is -0.150. The molecule has 0 unspecified atom stereocenters. The Labute approximate surface area is 157 Å². The molecule has 3 rings (SSSR count). The quantitative estimate of drug-likeness (QED) is 0.396. The lowest BCUT2D eigenvalue weighted by atomic mass is 9.77. The van der Waals surface area contributed by atoms with Crippen LogP contribution in [0.4, 0.5) is 0 Å². The predicted octanol–water partition coefficient (Wildman–Crippen LogP) is 7.01. The Hall–Kier alpha value is -1.83. The summed E-state index contributed by atoms with van der Waals surface area (Å²) < 4.78 is 5.41. The minimum Gasteiger partial charge on any atom is -0.427 e. The van der Waals surface area contributed by atoms with Gasteiger partial charge in [-0.25, -0.2) is 0 Å². The van der Waals surface area contributed by atoms with Crippen LogP contribution in [0.5, 0.6) is 5.75 Å². The van der Waals surface area contributed by atoms with Crippen molar-refractivity contribution in [1.82, 2.24) is 0 Å². The van der Waals surface area contributed by atoms with Crippen LogP contribution in [-0.2, 0) is 4.79 Å². The van der Waals surface area contributed by atoms with Gasteiger partial charge in [0, 0.05) is 6.42 Å². The van der Waals surface area contributed by atoms with Gasteiger partial charge in [-0.1, -0.05) is 57.4 Å². The summed E-state index contributed by atoms with van der Waals surface area (Å²) in [5.74, 6) is 2.16. The van der Waals surface area contributed by atoms with Gasteiger partial charge in [-0.05, 0) is 72.4 Å². The van der Waals surface area contributed by atoms with Crippen LogP contribution in [0.3, 0.4) is 0 Å². The summed E-state index contributed by atoms with van der Waals surface area (Å²) in [6.07, 6.45) is 10.8. The normalized spacial score (nSPS) is 20.2. The van der Waals surface area contributed by atoms with E-state index >= 15 is 0 Å². The third-order valence-electron chi connectivity index (χ3n) is 5.81. The fourth-order valence-electron chi connectivity index (χ4n) is 4.22. The summed E-state index contributed by atoms with van der Waals surface area (Å²) >= 11 is 0. The zero-order chi connectivity index (χ0) is 18.4. The molecule has 0 amide bonds. The van der Waals surface area contributed by atoms with Crippen LogP contribution in [-0.4, -0.2) is 5.97 Å². The van der Waals surface area contributed by atoms with E-state index in [1.165, 1.54) is 55.9 Å². The molecule has 0 heterocycles. The topological polar surface area (TPSA) is 26.3 Å². The summed E-state index contributed by atoms with van der Waals surface area (Å²) in [5.41, 5.74) is 1.47. The van der Waals surface area contributed by atoms with Gasteiger partial charge in [-0.2, -0.15) is 0 Å². The van der Waals surface area contributed by atoms with E-state index in [-0.39, 0.29) is 5.97 Å². The average Bonchev–Trinajstić information content (AvgIpc) is 2.66. The number of esters is 1. The number of fused-ring (bicyclic) bond motifs is 1. The molecule has 2 aromatic carbocycles. The van der Waals surface area contributed by atoms with Gasteiger partial charge in [0.15, 0.2) is 0 Å². The van der Waals surface area contributed by atoms with E-state index in [2.05, 4.69) is 31.2 Å². The van der Waals surface area contributed by atoms with Crippen LogP contribution in [0.15, 0.2) is 36.4 Å². The van der Waals surface area contributed by atoms with Crippen molar-refractivity contribution in [2.75, 3.05) is 0 Å². The Bertz CT molecular complexity index is 726. The molecule has 2 heteroatoms. The highest BCUT2D eigenvalue weighted by molar-refractivity contribution is 5.85. The molecule has 0 atom stereocenters. The van der Waals surface area contributed by atoms with Crippen LogP contribution in [0.2, 0.25) is 0 Å². The lowest BCUT2D eigenvalue weighted by Crippen LogP contribution is -2.13. The van der Waals surface area contributed by atoms with Gasteiger partial charge in [-0.3, -0.25) is 4.79 Å². The van der Waals surface area contributed by atoms with Crippen molar-refractivity contribution in [2.24, 2.45) is 5.92 Å². The first-order valence-corrected chi connectivity index (χ1v) is 10.4. The Morgan fingerprint density at radius 2 is 1.69 bits per heavy atom. The molecular weight excluding hydrogens is 320 g/mol. The van der Waals surface area contributed by atoms with Crippen molar-refractivity contribution in [2.45, 2.75) is 77.6 Å². The first kappa shape index (κ1) is 18.9. The van der Waals surface area contributed by atoms with Crippen molar-refractivity contribution in [1.29, 1.82) is 0 Å². The van der Waals surface area contributed by atoms with Crippen molar-refractivity contribution >= 4 is 16.7 Å². The summed E-state index contributed by atoms with van der Waals surface area (Å²) in [6, 6.07) is 12.8. The van der Waals surface area contributed by atoms with Crippen LogP contribution in [0.25, 0.3) is 10.8 Å². The fourth-order valence-corrected chi connectivity index (χ4v) is 4.22. The number of hydrogen-bond donors (Lipinski definition) is 0. The Balaban J connectivity index is 1.65. The van der Waals surface area contributed by atoms with Gasteiger partial charge in [0.25, 0.3) is 0 Å². The van der Waals surface area contributed by atoms with E-state index in [0.717, 1.165) is 17.7 Å². The number of hydrogen-bond acceptors (Lipinski definition) is 2. The molecule has 1 saturated carbocycles. The maximum Gasteiger partial charge on any atom is 0.311 e. The van der Waals surface area contributed by atoms with Crippen LogP contribution >= 0.6 is 0 Å². The predicted molar refractivity (Wildman–Crippen MR) is 109 cm³/mol. The molecule has 1 fully saturated rings. The zero-order valence-electron chi connectivity index (χ0n) is 16.3. The third kappa shape index (κ3) is 4.87. The molecule has 0 N–H and O–H groups in total. The van der Waals surface area contributed by atoms with Gasteiger partial charge in [0.2, 0.25) is 0 Å². The first-order chi connectivity index (χ1) is 12.7. The second-order valence-electron chi connectivity index (χ2n) is 7.85. The standard InChI is InChI=1S/C24H32O2/c1-3-5-7-18-8-10-19(11-9-18)20-12-13-22-17-23(15-14-21(22)16-20)26-24(25)6-4-2/h12-19H,3-11H2,1-2H3. The largest absolute Gasteiger partial charge is 0.427 e. The third-order valence-corrected chi connectivity index (χ3v) is 5.81. The second kappa shape index (κ2) is 9.21. The highest BCUT2D eigenvalue weighted by Crippen LogP contribution is 2.38. The van der Waals surface area contributed by atoms with E-state index < -0.39 is 0 Å².